The maximum absolute atomic E-state index is 11.3. The number of allylic oxidation sites excluding steroid dienone is 2. The van der Waals surface area contributed by atoms with Crippen LogP contribution < -0.4 is 0 Å². The molecule has 0 amide bonds. The van der Waals surface area contributed by atoms with Crippen LogP contribution >= 0.6 is 0 Å². The zero-order valence-electron chi connectivity index (χ0n) is 18.6. The van der Waals surface area contributed by atoms with E-state index in [1.165, 1.54) is 45.1 Å². The molecule has 4 heteroatoms. The molecule has 0 radical (unpaired) electrons. The molecule has 0 spiro atoms. The van der Waals surface area contributed by atoms with Gasteiger partial charge in [0, 0.05) is 13.8 Å². The van der Waals surface area contributed by atoms with Crippen LogP contribution in [0.3, 0.4) is 0 Å². The van der Waals surface area contributed by atoms with E-state index in [4.69, 9.17) is 9.47 Å². The zero-order valence-corrected chi connectivity index (χ0v) is 18.6. The van der Waals surface area contributed by atoms with Crippen LogP contribution in [-0.2, 0) is 19.1 Å². The third-order valence-corrected chi connectivity index (χ3v) is 7.17. The van der Waals surface area contributed by atoms with Crippen molar-refractivity contribution >= 4 is 11.9 Å². The second-order valence-corrected chi connectivity index (χ2v) is 9.62. The van der Waals surface area contributed by atoms with Crippen LogP contribution in [0, 0.1) is 22.7 Å². The number of hydrogen-bond donors (Lipinski definition) is 0. The van der Waals surface area contributed by atoms with Gasteiger partial charge in [0.05, 0.1) is 0 Å². The van der Waals surface area contributed by atoms with Crippen molar-refractivity contribution in [3.8, 4) is 0 Å². The first-order chi connectivity index (χ1) is 13.1. The highest BCUT2D eigenvalue weighted by Gasteiger charge is 2.51. The standard InChI is InChI=1S/C24H38O4/c1-17-8-11-22-23(4,5)13-7-14-24(22,6)21(17)10-9-20(16-28-19(3)26)12-15-27-18(2)25/h8,12,21-22H,7,9-11,13-16H2,1-6H3/b20-12-/t21-,22-,24-/m1/s1. The van der Waals surface area contributed by atoms with Crippen molar-refractivity contribution < 1.29 is 19.1 Å². The molecule has 1 saturated carbocycles. The van der Waals surface area contributed by atoms with Crippen molar-refractivity contribution in [3.05, 3.63) is 23.3 Å². The Bertz CT molecular complexity index is 643. The van der Waals surface area contributed by atoms with E-state index >= 15 is 0 Å². The lowest BCUT2D eigenvalue weighted by atomic mass is 9.48. The van der Waals surface area contributed by atoms with Crippen LogP contribution in [-0.4, -0.2) is 25.2 Å². The van der Waals surface area contributed by atoms with Crippen molar-refractivity contribution in [2.75, 3.05) is 13.2 Å². The average molecular weight is 391 g/mol. The first-order valence-electron chi connectivity index (χ1n) is 10.7. The lowest BCUT2D eigenvalue weighted by Gasteiger charge is -2.57. The molecule has 158 valence electrons. The maximum Gasteiger partial charge on any atom is 0.302 e. The largest absolute Gasteiger partial charge is 0.462 e. The number of ether oxygens (including phenoxy) is 2. The van der Waals surface area contributed by atoms with Gasteiger partial charge in [0.15, 0.2) is 0 Å². The highest BCUT2D eigenvalue weighted by Crippen LogP contribution is 2.60. The Kier molecular flexibility index (Phi) is 7.52. The van der Waals surface area contributed by atoms with Gasteiger partial charge in [-0.1, -0.05) is 38.8 Å². The second-order valence-electron chi connectivity index (χ2n) is 9.62. The topological polar surface area (TPSA) is 52.6 Å². The van der Waals surface area contributed by atoms with Gasteiger partial charge in [0.1, 0.15) is 13.2 Å². The van der Waals surface area contributed by atoms with Crippen LogP contribution in [0.1, 0.15) is 80.1 Å². The summed E-state index contributed by atoms with van der Waals surface area (Å²) in [5, 5.41) is 0. The molecule has 0 aromatic carbocycles. The molecule has 0 saturated heterocycles. The molecule has 2 aliphatic rings. The zero-order chi connectivity index (χ0) is 20.9. The van der Waals surface area contributed by atoms with Crippen molar-refractivity contribution in [2.24, 2.45) is 22.7 Å². The monoisotopic (exact) mass is 390 g/mol. The Hall–Kier alpha value is -1.58. The third kappa shape index (κ3) is 5.48. The summed E-state index contributed by atoms with van der Waals surface area (Å²) in [7, 11) is 0. The third-order valence-electron chi connectivity index (χ3n) is 7.17. The summed E-state index contributed by atoms with van der Waals surface area (Å²) in [6.45, 7) is 13.0. The number of rotatable bonds is 7. The van der Waals surface area contributed by atoms with Gasteiger partial charge in [-0.2, -0.15) is 0 Å². The molecular formula is C24H38O4. The minimum atomic E-state index is -0.297. The predicted octanol–water partition coefficient (Wildman–Crippen LogP) is 5.62. The van der Waals surface area contributed by atoms with Gasteiger partial charge in [-0.25, -0.2) is 0 Å². The van der Waals surface area contributed by atoms with E-state index in [2.05, 4.69) is 33.8 Å². The molecule has 0 aromatic heterocycles. The first-order valence-corrected chi connectivity index (χ1v) is 10.7. The number of hydrogen-bond acceptors (Lipinski definition) is 4. The minimum absolute atomic E-state index is 0.234. The molecule has 0 aromatic rings. The van der Waals surface area contributed by atoms with E-state index in [1.807, 2.05) is 6.08 Å². The van der Waals surface area contributed by atoms with Gasteiger partial charge in [-0.05, 0) is 73.3 Å². The fraction of sp³-hybridized carbons (Fsp3) is 0.750. The number of carbonyl (C=O) groups is 2. The fourth-order valence-electron chi connectivity index (χ4n) is 5.73. The summed E-state index contributed by atoms with van der Waals surface area (Å²) in [5.41, 5.74) is 3.24. The highest BCUT2D eigenvalue weighted by atomic mass is 16.5. The lowest BCUT2D eigenvalue weighted by molar-refractivity contribution is -0.141. The van der Waals surface area contributed by atoms with E-state index in [9.17, 15) is 9.59 Å². The molecule has 0 heterocycles. The number of fused-ring (bicyclic) bond motifs is 1. The molecular weight excluding hydrogens is 352 g/mol. The molecule has 0 N–H and O–H groups in total. The molecule has 1 fully saturated rings. The van der Waals surface area contributed by atoms with Crippen molar-refractivity contribution in [1.29, 1.82) is 0 Å². The molecule has 28 heavy (non-hydrogen) atoms. The van der Waals surface area contributed by atoms with Crippen LogP contribution in [0.2, 0.25) is 0 Å². The Morgan fingerprint density at radius 3 is 2.46 bits per heavy atom. The first kappa shape index (κ1) is 22.7. The Morgan fingerprint density at radius 1 is 1.14 bits per heavy atom. The van der Waals surface area contributed by atoms with E-state index in [1.54, 1.807) is 0 Å². The van der Waals surface area contributed by atoms with E-state index < -0.39 is 0 Å². The van der Waals surface area contributed by atoms with Gasteiger partial charge < -0.3 is 9.47 Å². The summed E-state index contributed by atoms with van der Waals surface area (Å²) >= 11 is 0. The molecule has 3 atom stereocenters. The molecule has 2 aliphatic carbocycles. The second kappa shape index (κ2) is 9.28. The number of carbonyl (C=O) groups excluding carboxylic acids is 2. The van der Waals surface area contributed by atoms with E-state index in [-0.39, 0.29) is 25.2 Å². The smallest absolute Gasteiger partial charge is 0.302 e. The van der Waals surface area contributed by atoms with Gasteiger partial charge in [-0.3, -0.25) is 9.59 Å². The summed E-state index contributed by atoms with van der Waals surface area (Å²) in [4.78, 5) is 22.3. The van der Waals surface area contributed by atoms with Gasteiger partial charge in [0.25, 0.3) is 0 Å². The van der Waals surface area contributed by atoms with Gasteiger partial charge in [-0.15, -0.1) is 0 Å². The maximum atomic E-state index is 11.3. The van der Waals surface area contributed by atoms with Crippen LogP contribution in [0.4, 0.5) is 0 Å². The van der Waals surface area contributed by atoms with Crippen LogP contribution in [0.25, 0.3) is 0 Å². The van der Waals surface area contributed by atoms with Gasteiger partial charge >= 0.3 is 11.9 Å². The lowest BCUT2D eigenvalue weighted by Crippen LogP contribution is -2.48. The minimum Gasteiger partial charge on any atom is -0.462 e. The Morgan fingerprint density at radius 2 is 1.82 bits per heavy atom. The van der Waals surface area contributed by atoms with Crippen molar-refractivity contribution in [3.63, 3.8) is 0 Å². The van der Waals surface area contributed by atoms with Crippen LogP contribution in [0.15, 0.2) is 23.3 Å². The Labute approximate surface area is 170 Å². The highest BCUT2D eigenvalue weighted by molar-refractivity contribution is 5.66. The molecule has 2 rings (SSSR count). The van der Waals surface area contributed by atoms with Crippen LogP contribution in [0.5, 0.6) is 0 Å². The molecule has 4 nitrogen and oxygen atoms in total. The Balaban J connectivity index is 2.13. The fourth-order valence-corrected chi connectivity index (χ4v) is 5.73. The summed E-state index contributed by atoms with van der Waals surface area (Å²) < 4.78 is 10.3. The van der Waals surface area contributed by atoms with E-state index in [0.717, 1.165) is 18.4 Å². The summed E-state index contributed by atoms with van der Waals surface area (Å²) in [6.07, 6.45) is 11.3. The van der Waals surface area contributed by atoms with Gasteiger partial charge in [0.2, 0.25) is 0 Å². The normalized spacial score (nSPS) is 29.5. The van der Waals surface area contributed by atoms with E-state index in [0.29, 0.717) is 22.7 Å². The summed E-state index contributed by atoms with van der Waals surface area (Å²) in [5.74, 6) is 0.673. The molecule has 0 bridgehead atoms. The summed E-state index contributed by atoms with van der Waals surface area (Å²) in [6, 6.07) is 0. The number of esters is 2. The average Bonchev–Trinajstić information content (AvgIpc) is 2.57. The van der Waals surface area contributed by atoms with Crippen molar-refractivity contribution in [2.45, 2.75) is 80.1 Å². The quantitative estimate of drug-likeness (QED) is 0.418. The predicted molar refractivity (Wildman–Crippen MR) is 112 cm³/mol. The molecule has 0 unspecified atom stereocenters. The molecule has 0 aliphatic heterocycles. The van der Waals surface area contributed by atoms with Crippen molar-refractivity contribution in [1.82, 2.24) is 0 Å². The SMILES string of the molecule is CC(=O)OC/C=C(/CC[C@@H]1C(C)=CC[C@@H]2C(C)(C)CCC[C@]12C)COC(C)=O.